The lowest BCUT2D eigenvalue weighted by Crippen LogP contribution is -2.51. The molecule has 1 aliphatic rings. The minimum absolute atomic E-state index is 0.0779. The minimum Gasteiger partial charge on any atom is -0.466 e. The summed E-state index contributed by atoms with van der Waals surface area (Å²) in [7, 11) is 1.74. The molecule has 2 rings (SSSR count). The Balaban J connectivity index is 1.84. The third-order valence-electron chi connectivity index (χ3n) is 4.13. The van der Waals surface area contributed by atoms with Crippen molar-refractivity contribution in [1.29, 1.82) is 0 Å². The van der Waals surface area contributed by atoms with Gasteiger partial charge in [-0.25, -0.2) is 4.31 Å². The average Bonchev–Trinajstić information content (AvgIpc) is 2.57. The molecule has 0 N–H and O–H groups in total. The van der Waals surface area contributed by atoms with Gasteiger partial charge in [0.05, 0.1) is 13.0 Å². The molecule has 0 spiro atoms. The number of carbonyl (C=O) groups is 1. The minimum atomic E-state index is -0.0779. The van der Waals surface area contributed by atoms with Crippen molar-refractivity contribution in [3.8, 4) is 0 Å². The molecule has 0 bridgehead atoms. The van der Waals surface area contributed by atoms with Crippen molar-refractivity contribution >= 4 is 36.3 Å². The average molecular weight is 448 g/mol. The maximum atomic E-state index is 11.9. The summed E-state index contributed by atoms with van der Waals surface area (Å²) in [5.41, 5.74) is 1.39. The van der Waals surface area contributed by atoms with Crippen LogP contribution in [0.4, 0.5) is 0 Å². The molecule has 128 valence electrons. The summed E-state index contributed by atoms with van der Waals surface area (Å²) in [6.45, 7) is 6.37. The second-order valence-corrected chi connectivity index (χ2v) is 7.58. The molecule has 1 fully saturated rings. The fourth-order valence-electron chi connectivity index (χ4n) is 2.96. The molecule has 1 heterocycles. The molecule has 0 aromatic heterocycles. The molecular weight excluding hydrogens is 423 g/mol. The van der Waals surface area contributed by atoms with Crippen LogP contribution in [0.3, 0.4) is 0 Å². The molecule has 1 saturated heterocycles. The van der Waals surface area contributed by atoms with Gasteiger partial charge in [-0.3, -0.25) is 9.69 Å². The molecule has 23 heavy (non-hydrogen) atoms. The smallest absolute Gasteiger partial charge is 0.307 e. The highest BCUT2D eigenvalue weighted by atomic mass is 127. The molecule has 6 heteroatoms. The Morgan fingerprint density at radius 1 is 1.35 bits per heavy atom. The van der Waals surface area contributed by atoms with Crippen molar-refractivity contribution in [2.24, 2.45) is 0 Å². The zero-order valence-corrected chi connectivity index (χ0v) is 16.6. The Morgan fingerprint density at radius 3 is 2.83 bits per heavy atom. The van der Waals surface area contributed by atoms with E-state index in [2.05, 4.69) is 60.7 Å². The van der Waals surface area contributed by atoms with Crippen LogP contribution in [0.1, 0.15) is 25.3 Å². The van der Waals surface area contributed by atoms with Gasteiger partial charge in [-0.05, 0) is 41.0 Å². The molecule has 1 aromatic rings. The van der Waals surface area contributed by atoms with Crippen LogP contribution in [-0.2, 0) is 16.0 Å². The fourth-order valence-corrected chi connectivity index (χ4v) is 4.41. The van der Waals surface area contributed by atoms with E-state index in [0.29, 0.717) is 13.0 Å². The topological polar surface area (TPSA) is 32.8 Å². The van der Waals surface area contributed by atoms with Crippen molar-refractivity contribution in [3.05, 3.63) is 35.9 Å². The monoisotopic (exact) mass is 448 g/mol. The first kappa shape index (κ1) is 19.0. The third-order valence-corrected chi connectivity index (χ3v) is 6.32. The van der Waals surface area contributed by atoms with Crippen molar-refractivity contribution in [2.45, 2.75) is 32.2 Å². The summed E-state index contributed by atoms with van der Waals surface area (Å²) < 4.78 is 7.47. The lowest BCUT2D eigenvalue weighted by atomic mass is 10.1. The first-order valence-corrected chi connectivity index (χ1v) is 11.5. The SMILES string of the molecule is CCOC(=O)CC1CN(SI)CCN1CCCc1ccccc1. The number of esters is 1. The van der Waals surface area contributed by atoms with Gasteiger partial charge in [0.25, 0.3) is 0 Å². The number of carbonyl (C=O) groups excluding carboxylic acids is 1. The number of nitrogens with zero attached hydrogens (tertiary/aromatic N) is 2. The first-order chi connectivity index (χ1) is 11.2. The van der Waals surface area contributed by atoms with E-state index in [1.54, 1.807) is 9.12 Å². The summed E-state index contributed by atoms with van der Waals surface area (Å²) in [6, 6.07) is 10.9. The number of halogens is 1. The summed E-state index contributed by atoms with van der Waals surface area (Å²) in [6.07, 6.45) is 2.71. The van der Waals surface area contributed by atoms with Gasteiger partial charge >= 0.3 is 5.97 Å². The number of hydrogen-bond acceptors (Lipinski definition) is 5. The van der Waals surface area contributed by atoms with Crippen molar-refractivity contribution < 1.29 is 9.53 Å². The number of ether oxygens (including phenoxy) is 1. The van der Waals surface area contributed by atoms with Crippen LogP contribution < -0.4 is 0 Å². The second kappa shape index (κ2) is 10.5. The van der Waals surface area contributed by atoms with Gasteiger partial charge in [-0.1, -0.05) is 30.3 Å². The molecule has 0 radical (unpaired) electrons. The van der Waals surface area contributed by atoms with Gasteiger partial charge in [0, 0.05) is 46.9 Å². The largest absolute Gasteiger partial charge is 0.466 e. The van der Waals surface area contributed by atoms with Crippen LogP contribution in [0.15, 0.2) is 30.3 Å². The van der Waals surface area contributed by atoms with Crippen LogP contribution in [0.2, 0.25) is 0 Å². The van der Waals surface area contributed by atoms with E-state index >= 15 is 0 Å². The highest BCUT2D eigenvalue weighted by Gasteiger charge is 2.28. The molecule has 0 amide bonds. The van der Waals surface area contributed by atoms with E-state index in [-0.39, 0.29) is 12.0 Å². The summed E-state index contributed by atoms with van der Waals surface area (Å²) in [4.78, 5) is 14.3. The van der Waals surface area contributed by atoms with Crippen LogP contribution in [0.25, 0.3) is 0 Å². The lowest BCUT2D eigenvalue weighted by Gasteiger charge is -2.39. The van der Waals surface area contributed by atoms with E-state index in [1.807, 2.05) is 6.92 Å². The molecule has 0 aliphatic carbocycles. The highest BCUT2D eigenvalue weighted by Crippen LogP contribution is 2.24. The Bertz CT molecular complexity index is 475. The van der Waals surface area contributed by atoms with E-state index in [1.165, 1.54) is 5.56 Å². The number of benzene rings is 1. The van der Waals surface area contributed by atoms with Crippen molar-refractivity contribution in [3.63, 3.8) is 0 Å². The lowest BCUT2D eigenvalue weighted by molar-refractivity contribution is -0.145. The maximum absolute atomic E-state index is 11.9. The van der Waals surface area contributed by atoms with Crippen LogP contribution >= 0.6 is 30.3 Å². The van der Waals surface area contributed by atoms with Gasteiger partial charge < -0.3 is 4.74 Å². The molecule has 0 saturated carbocycles. The molecule has 1 aliphatic heterocycles. The van der Waals surface area contributed by atoms with Gasteiger partial charge in [0.1, 0.15) is 0 Å². The zero-order chi connectivity index (χ0) is 16.5. The van der Waals surface area contributed by atoms with Gasteiger partial charge in [0.15, 0.2) is 0 Å². The van der Waals surface area contributed by atoms with E-state index in [9.17, 15) is 4.79 Å². The highest BCUT2D eigenvalue weighted by molar-refractivity contribution is 14.2. The van der Waals surface area contributed by atoms with Gasteiger partial charge in [0.2, 0.25) is 0 Å². The Kier molecular flexibility index (Phi) is 8.71. The Morgan fingerprint density at radius 2 is 2.13 bits per heavy atom. The Labute approximate surface area is 155 Å². The molecular formula is C17H25IN2O2S. The van der Waals surface area contributed by atoms with Crippen LogP contribution in [0, 0.1) is 0 Å². The molecule has 1 unspecified atom stereocenters. The summed E-state index contributed by atoms with van der Waals surface area (Å²) >= 11 is 2.32. The third kappa shape index (κ3) is 6.60. The molecule has 1 atom stereocenters. The fraction of sp³-hybridized carbons (Fsp3) is 0.588. The van der Waals surface area contributed by atoms with Gasteiger partial charge in [-0.15, -0.1) is 0 Å². The Hall–Kier alpha value is -0.310. The normalized spacial score (nSPS) is 19.7. The maximum Gasteiger partial charge on any atom is 0.307 e. The predicted octanol–water partition coefficient (Wildman–Crippen LogP) is 3.56. The first-order valence-electron chi connectivity index (χ1n) is 8.20. The van der Waals surface area contributed by atoms with Crippen molar-refractivity contribution in [2.75, 3.05) is 32.8 Å². The number of aryl methyl sites for hydroxylation is 1. The number of piperazine rings is 1. The van der Waals surface area contributed by atoms with E-state index in [0.717, 1.165) is 39.0 Å². The predicted molar refractivity (Wildman–Crippen MR) is 105 cm³/mol. The molecule has 4 nitrogen and oxygen atoms in total. The summed E-state index contributed by atoms with van der Waals surface area (Å²) in [5, 5.41) is 0. The molecule has 1 aromatic carbocycles. The zero-order valence-electron chi connectivity index (χ0n) is 13.6. The van der Waals surface area contributed by atoms with Crippen molar-refractivity contribution in [1.82, 2.24) is 9.21 Å². The van der Waals surface area contributed by atoms with Crippen LogP contribution in [0.5, 0.6) is 0 Å². The van der Waals surface area contributed by atoms with E-state index in [4.69, 9.17) is 4.74 Å². The second-order valence-electron chi connectivity index (χ2n) is 5.75. The standard InChI is InChI=1S/C17H25IN2O2S/c1-2-22-17(21)13-16-14-20(23-18)12-11-19(16)10-6-9-15-7-4-3-5-8-15/h3-5,7-8,16H,2,6,9-14H2,1H3. The number of rotatable bonds is 8. The van der Waals surface area contributed by atoms with Gasteiger partial charge in [-0.2, -0.15) is 0 Å². The quantitative estimate of drug-likeness (QED) is 0.345. The van der Waals surface area contributed by atoms with E-state index < -0.39 is 0 Å². The summed E-state index contributed by atoms with van der Waals surface area (Å²) in [5.74, 6) is -0.0779. The number of hydrogen-bond donors (Lipinski definition) is 0. The van der Waals surface area contributed by atoms with Crippen LogP contribution in [-0.4, -0.2) is 54.0 Å².